The van der Waals surface area contributed by atoms with Gasteiger partial charge in [0.25, 0.3) is 0 Å². The van der Waals surface area contributed by atoms with E-state index in [1.807, 2.05) is 0 Å². The van der Waals surface area contributed by atoms with Gasteiger partial charge in [-0.3, -0.25) is 0 Å². The van der Waals surface area contributed by atoms with E-state index in [1.54, 1.807) is 6.07 Å². The first-order valence-corrected chi connectivity index (χ1v) is 7.72. The Morgan fingerprint density at radius 2 is 1.74 bits per heavy atom. The molecule has 0 heterocycles. The highest BCUT2D eigenvalue weighted by molar-refractivity contribution is 5.74. The predicted octanol–water partition coefficient (Wildman–Crippen LogP) is 3.07. The molecular weight excluding hydrogens is 309 g/mol. The average Bonchev–Trinajstić information content (AvgIpc) is 2.53. The van der Waals surface area contributed by atoms with E-state index >= 15 is 0 Å². The molecule has 1 aliphatic rings. The number of halogens is 3. The number of hydrogen-bond acceptors (Lipinski definition) is 2. The summed E-state index contributed by atoms with van der Waals surface area (Å²) in [5, 5.41) is 14.9. The van der Waals surface area contributed by atoms with E-state index in [1.165, 1.54) is 24.3 Å². The topological polar surface area (TPSA) is 61.4 Å². The minimum atomic E-state index is -4.90. The summed E-state index contributed by atoms with van der Waals surface area (Å²) in [5.41, 5.74) is -3.41. The van der Waals surface area contributed by atoms with Crippen LogP contribution in [0.15, 0.2) is 30.3 Å². The van der Waals surface area contributed by atoms with Crippen LogP contribution < -0.4 is 10.6 Å². The summed E-state index contributed by atoms with van der Waals surface area (Å²) in [5.74, 6) is 0. The van der Waals surface area contributed by atoms with E-state index in [2.05, 4.69) is 10.6 Å². The fourth-order valence-corrected chi connectivity index (χ4v) is 2.77. The van der Waals surface area contributed by atoms with E-state index in [-0.39, 0.29) is 11.6 Å². The summed E-state index contributed by atoms with van der Waals surface area (Å²) >= 11 is 0. The van der Waals surface area contributed by atoms with E-state index in [9.17, 15) is 23.1 Å². The molecule has 0 aliphatic heterocycles. The maximum absolute atomic E-state index is 13.3. The van der Waals surface area contributed by atoms with Crippen LogP contribution in [0.25, 0.3) is 0 Å². The molecule has 1 fully saturated rings. The minimum absolute atomic E-state index is 0.0144. The molecule has 2 rings (SSSR count). The SMILES string of the molecule is O=C(NC[C@@](O)(c1ccccc1)C(F)(F)F)NC1CCCCC1. The van der Waals surface area contributed by atoms with Crippen molar-refractivity contribution in [2.24, 2.45) is 0 Å². The van der Waals surface area contributed by atoms with Gasteiger partial charge in [-0.2, -0.15) is 13.2 Å². The Bertz CT molecular complexity index is 516. The minimum Gasteiger partial charge on any atom is -0.375 e. The molecule has 128 valence electrons. The van der Waals surface area contributed by atoms with Crippen molar-refractivity contribution >= 4 is 6.03 Å². The van der Waals surface area contributed by atoms with E-state index in [4.69, 9.17) is 0 Å². The molecule has 1 aromatic rings. The summed E-state index contributed by atoms with van der Waals surface area (Å²) in [6, 6.07) is 6.06. The van der Waals surface area contributed by atoms with Crippen LogP contribution in [-0.4, -0.2) is 29.9 Å². The molecule has 0 bridgehead atoms. The second-order valence-corrected chi connectivity index (χ2v) is 5.89. The van der Waals surface area contributed by atoms with Crippen LogP contribution in [0.1, 0.15) is 37.7 Å². The van der Waals surface area contributed by atoms with Gasteiger partial charge in [-0.15, -0.1) is 0 Å². The Hall–Kier alpha value is -1.76. The molecule has 2 amide bonds. The quantitative estimate of drug-likeness (QED) is 0.794. The normalized spacial score (nSPS) is 19.0. The number of amides is 2. The van der Waals surface area contributed by atoms with Crippen LogP contribution in [0.5, 0.6) is 0 Å². The number of rotatable bonds is 4. The third-order valence-corrected chi connectivity index (χ3v) is 4.17. The molecule has 0 spiro atoms. The highest BCUT2D eigenvalue weighted by atomic mass is 19.4. The first kappa shape index (κ1) is 17.6. The Morgan fingerprint density at radius 3 is 2.30 bits per heavy atom. The number of hydrogen-bond donors (Lipinski definition) is 3. The Balaban J connectivity index is 2.00. The molecule has 0 radical (unpaired) electrons. The van der Waals surface area contributed by atoms with Crippen molar-refractivity contribution in [3.8, 4) is 0 Å². The Morgan fingerprint density at radius 1 is 1.13 bits per heavy atom. The van der Waals surface area contributed by atoms with E-state index in [0.29, 0.717) is 0 Å². The largest absolute Gasteiger partial charge is 0.423 e. The summed E-state index contributed by atoms with van der Waals surface area (Å²) in [4.78, 5) is 11.8. The molecule has 0 unspecified atom stereocenters. The fraction of sp³-hybridized carbons (Fsp3) is 0.562. The van der Waals surface area contributed by atoms with Gasteiger partial charge in [-0.25, -0.2) is 4.79 Å². The van der Waals surface area contributed by atoms with Gasteiger partial charge in [-0.1, -0.05) is 49.6 Å². The van der Waals surface area contributed by atoms with Crippen molar-refractivity contribution in [2.45, 2.75) is 49.9 Å². The second kappa shape index (κ2) is 7.21. The predicted molar refractivity (Wildman–Crippen MR) is 79.8 cm³/mol. The van der Waals surface area contributed by atoms with Crippen LogP contribution in [0, 0.1) is 0 Å². The molecule has 0 saturated heterocycles. The lowest BCUT2D eigenvalue weighted by atomic mass is 9.93. The second-order valence-electron chi connectivity index (χ2n) is 5.89. The van der Waals surface area contributed by atoms with Crippen LogP contribution >= 0.6 is 0 Å². The van der Waals surface area contributed by atoms with E-state index < -0.39 is 24.4 Å². The van der Waals surface area contributed by atoms with Gasteiger partial charge in [0.2, 0.25) is 5.60 Å². The summed E-state index contributed by atoms with van der Waals surface area (Å²) in [7, 11) is 0. The van der Waals surface area contributed by atoms with Crippen LogP contribution in [0.2, 0.25) is 0 Å². The van der Waals surface area contributed by atoms with Gasteiger partial charge in [0.1, 0.15) is 0 Å². The molecule has 0 aromatic heterocycles. The highest BCUT2D eigenvalue weighted by Gasteiger charge is 2.55. The Kier molecular flexibility index (Phi) is 5.51. The highest BCUT2D eigenvalue weighted by Crippen LogP contribution is 2.38. The van der Waals surface area contributed by atoms with Crippen molar-refractivity contribution < 1.29 is 23.1 Å². The third-order valence-electron chi connectivity index (χ3n) is 4.17. The van der Waals surface area contributed by atoms with Crippen LogP contribution in [-0.2, 0) is 5.60 Å². The number of nitrogens with one attached hydrogen (secondary N) is 2. The van der Waals surface area contributed by atoms with Gasteiger partial charge in [0.15, 0.2) is 0 Å². The Labute approximate surface area is 133 Å². The number of benzene rings is 1. The first-order chi connectivity index (χ1) is 10.8. The van der Waals surface area contributed by atoms with Crippen LogP contribution in [0.4, 0.5) is 18.0 Å². The molecule has 1 saturated carbocycles. The lowest BCUT2D eigenvalue weighted by molar-refractivity contribution is -0.263. The molecule has 23 heavy (non-hydrogen) atoms. The van der Waals surface area contributed by atoms with Crippen molar-refractivity contribution in [3.63, 3.8) is 0 Å². The zero-order valence-electron chi connectivity index (χ0n) is 12.7. The molecular formula is C16H21F3N2O2. The maximum Gasteiger partial charge on any atom is 0.423 e. The van der Waals surface area contributed by atoms with Crippen LogP contribution in [0.3, 0.4) is 0 Å². The van der Waals surface area contributed by atoms with Crippen molar-refractivity contribution in [1.82, 2.24) is 10.6 Å². The lowest BCUT2D eigenvalue weighted by Crippen LogP contribution is -2.53. The average molecular weight is 330 g/mol. The number of urea groups is 1. The summed E-state index contributed by atoms with van der Waals surface area (Å²) in [6.45, 7) is -0.931. The first-order valence-electron chi connectivity index (χ1n) is 7.72. The molecule has 3 N–H and O–H groups in total. The molecule has 1 aromatic carbocycles. The molecule has 1 atom stereocenters. The molecule has 4 nitrogen and oxygen atoms in total. The number of carbonyl (C=O) groups excluding carboxylic acids is 1. The monoisotopic (exact) mass is 330 g/mol. The van der Waals surface area contributed by atoms with Crippen molar-refractivity contribution in [2.75, 3.05) is 6.54 Å². The maximum atomic E-state index is 13.3. The van der Waals surface area contributed by atoms with E-state index in [0.717, 1.165) is 32.1 Å². The third kappa shape index (κ3) is 4.37. The molecule has 1 aliphatic carbocycles. The van der Waals surface area contributed by atoms with Gasteiger partial charge in [-0.05, 0) is 18.4 Å². The van der Waals surface area contributed by atoms with Crippen molar-refractivity contribution in [3.05, 3.63) is 35.9 Å². The van der Waals surface area contributed by atoms with Crippen molar-refractivity contribution in [1.29, 1.82) is 0 Å². The number of aliphatic hydroxyl groups is 1. The molecule has 7 heteroatoms. The number of alkyl halides is 3. The zero-order valence-corrected chi connectivity index (χ0v) is 12.7. The standard InChI is InChI=1S/C16H21F3N2O2/c17-16(18,19)15(23,12-7-3-1-4-8-12)11-20-14(22)21-13-9-5-2-6-10-13/h1,3-4,7-8,13,23H,2,5-6,9-11H2,(H2,20,21,22)/t15-/m1/s1. The van der Waals surface area contributed by atoms with Gasteiger partial charge >= 0.3 is 12.2 Å². The number of carbonyl (C=O) groups is 1. The lowest BCUT2D eigenvalue weighted by Gasteiger charge is -2.31. The smallest absolute Gasteiger partial charge is 0.375 e. The summed E-state index contributed by atoms with van der Waals surface area (Å²) < 4.78 is 39.8. The van der Waals surface area contributed by atoms with Gasteiger partial charge in [0.05, 0.1) is 6.54 Å². The zero-order chi connectivity index (χ0) is 16.9. The van der Waals surface area contributed by atoms with Gasteiger partial charge < -0.3 is 15.7 Å². The fourth-order valence-electron chi connectivity index (χ4n) is 2.77. The van der Waals surface area contributed by atoms with Gasteiger partial charge in [0, 0.05) is 6.04 Å². The summed E-state index contributed by atoms with van der Waals surface area (Å²) in [6.07, 6.45) is -0.123.